The number of nitrogens with one attached hydrogen (secondary N) is 1. The molecule has 0 radical (unpaired) electrons. The number of amides is 1. The van der Waals surface area contributed by atoms with Crippen molar-refractivity contribution in [1.29, 1.82) is 0 Å². The number of anilines is 2. The summed E-state index contributed by atoms with van der Waals surface area (Å²) in [5.41, 5.74) is 0.733. The van der Waals surface area contributed by atoms with Gasteiger partial charge in [-0.25, -0.2) is 9.97 Å². The summed E-state index contributed by atoms with van der Waals surface area (Å²) in [5.74, 6) is 2.65. The van der Waals surface area contributed by atoms with Gasteiger partial charge in [-0.15, -0.1) is 0 Å². The molecule has 2 aromatic carbocycles. The Labute approximate surface area is 187 Å². The predicted octanol–water partition coefficient (Wildman–Crippen LogP) is 5.38. The largest absolute Gasteiger partial charge is 0.457 e. The van der Waals surface area contributed by atoms with E-state index in [1.54, 1.807) is 6.33 Å². The molecule has 160 valence electrons. The Morgan fingerprint density at radius 1 is 1.10 bits per heavy atom. The van der Waals surface area contributed by atoms with Crippen LogP contribution in [0.25, 0.3) is 0 Å². The van der Waals surface area contributed by atoms with Crippen LogP contribution >= 0.6 is 11.8 Å². The number of carbonyl (C=O) groups is 1. The summed E-state index contributed by atoms with van der Waals surface area (Å²) < 4.78 is 5.78. The third-order valence-corrected chi connectivity index (χ3v) is 6.12. The number of hydrogen-bond donors (Lipinski definition) is 1. The first-order valence-electron chi connectivity index (χ1n) is 10.5. The van der Waals surface area contributed by atoms with Crippen molar-refractivity contribution < 1.29 is 9.53 Å². The van der Waals surface area contributed by atoms with Crippen molar-refractivity contribution >= 4 is 29.2 Å². The lowest BCUT2D eigenvalue weighted by molar-refractivity contribution is -0.113. The Bertz CT molecular complexity index is 998. The molecular weight excluding hydrogens is 408 g/mol. The van der Waals surface area contributed by atoms with Gasteiger partial charge in [-0.05, 0) is 62.6 Å². The fraction of sp³-hybridized carbons (Fsp3) is 0.292. The van der Waals surface area contributed by atoms with Crippen LogP contribution in [0.4, 0.5) is 11.5 Å². The molecule has 0 aliphatic carbocycles. The van der Waals surface area contributed by atoms with Crippen LogP contribution in [0.15, 0.2) is 72.0 Å². The molecule has 6 nitrogen and oxygen atoms in total. The van der Waals surface area contributed by atoms with Gasteiger partial charge in [0.2, 0.25) is 5.91 Å². The third-order valence-electron chi connectivity index (χ3n) is 5.19. The summed E-state index contributed by atoms with van der Waals surface area (Å²) in [6.07, 6.45) is 5.23. The minimum Gasteiger partial charge on any atom is -0.457 e. The van der Waals surface area contributed by atoms with Crippen molar-refractivity contribution in [2.24, 2.45) is 0 Å². The Balaban J connectivity index is 1.29. The fourth-order valence-corrected chi connectivity index (χ4v) is 4.23. The van der Waals surface area contributed by atoms with Crippen LogP contribution in [-0.2, 0) is 4.79 Å². The second kappa shape index (κ2) is 10.3. The molecule has 3 aromatic rings. The zero-order chi connectivity index (χ0) is 21.5. The van der Waals surface area contributed by atoms with Crippen molar-refractivity contribution in [2.75, 3.05) is 22.5 Å². The van der Waals surface area contributed by atoms with E-state index >= 15 is 0 Å². The smallest absolute Gasteiger partial charge is 0.234 e. The zero-order valence-electron chi connectivity index (χ0n) is 17.5. The van der Waals surface area contributed by atoms with Crippen molar-refractivity contribution in [1.82, 2.24) is 9.97 Å². The maximum Gasteiger partial charge on any atom is 0.234 e. The van der Waals surface area contributed by atoms with Crippen LogP contribution in [-0.4, -0.2) is 34.2 Å². The second-order valence-corrected chi connectivity index (χ2v) is 8.52. The highest BCUT2D eigenvalue weighted by Gasteiger charge is 2.20. The van der Waals surface area contributed by atoms with Gasteiger partial charge in [-0.2, -0.15) is 0 Å². The van der Waals surface area contributed by atoms with Gasteiger partial charge in [0.05, 0.1) is 5.75 Å². The standard InChI is InChI=1S/C24H26N4O2S/c1-18-7-5-6-14-28(18)22-15-24(26-17-25-22)31-16-23(29)27-19-10-12-21(13-11-19)30-20-8-3-2-4-9-20/h2-4,8-13,15,17-18H,5-7,14,16H2,1H3,(H,27,29)/t18-/m0/s1. The summed E-state index contributed by atoms with van der Waals surface area (Å²) in [5, 5.41) is 3.73. The van der Waals surface area contributed by atoms with E-state index in [0.717, 1.165) is 34.6 Å². The van der Waals surface area contributed by atoms with E-state index < -0.39 is 0 Å². The molecule has 1 atom stereocenters. The maximum atomic E-state index is 12.4. The average Bonchev–Trinajstić information content (AvgIpc) is 2.80. The molecule has 31 heavy (non-hydrogen) atoms. The van der Waals surface area contributed by atoms with E-state index in [0.29, 0.717) is 6.04 Å². The molecule has 0 spiro atoms. The molecule has 1 aliphatic rings. The van der Waals surface area contributed by atoms with Gasteiger partial charge < -0.3 is 15.0 Å². The molecule has 1 amide bonds. The minimum absolute atomic E-state index is 0.0757. The number of nitrogens with zero attached hydrogens (tertiary/aromatic N) is 3. The molecule has 1 aliphatic heterocycles. The SMILES string of the molecule is C[C@H]1CCCCN1c1cc(SCC(=O)Nc2ccc(Oc3ccccc3)cc2)ncn1. The van der Waals surface area contributed by atoms with E-state index in [1.165, 1.54) is 31.0 Å². The number of carbonyl (C=O) groups excluding carboxylic acids is 1. The molecular formula is C24H26N4O2S. The number of rotatable bonds is 7. The number of aromatic nitrogens is 2. The van der Waals surface area contributed by atoms with Crippen LogP contribution in [0.1, 0.15) is 26.2 Å². The number of piperidine rings is 1. The summed E-state index contributed by atoms with van der Waals surface area (Å²) in [4.78, 5) is 23.5. The van der Waals surface area contributed by atoms with Crippen LogP contribution in [0.5, 0.6) is 11.5 Å². The average molecular weight is 435 g/mol. The van der Waals surface area contributed by atoms with Gasteiger partial charge >= 0.3 is 0 Å². The summed E-state index contributed by atoms with van der Waals surface area (Å²) >= 11 is 1.42. The Morgan fingerprint density at radius 2 is 1.87 bits per heavy atom. The first-order valence-corrected chi connectivity index (χ1v) is 11.5. The van der Waals surface area contributed by atoms with Crippen LogP contribution < -0.4 is 15.0 Å². The molecule has 0 bridgehead atoms. The molecule has 0 unspecified atom stereocenters. The molecule has 1 saturated heterocycles. The summed E-state index contributed by atoms with van der Waals surface area (Å²) in [6, 6.07) is 19.4. The van der Waals surface area contributed by atoms with Gasteiger partial charge in [-0.1, -0.05) is 30.0 Å². The van der Waals surface area contributed by atoms with Crippen molar-refractivity contribution in [2.45, 2.75) is 37.3 Å². The molecule has 0 saturated carbocycles. The second-order valence-electron chi connectivity index (χ2n) is 7.53. The van der Waals surface area contributed by atoms with Crippen LogP contribution in [0, 0.1) is 0 Å². The van der Waals surface area contributed by atoms with Gasteiger partial charge in [0.1, 0.15) is 28.7 Å². The van der Waals surface area contributed by atoms with Crippen molar-refractivity contribution in [3.8, 4) is 11.5 Å². The minimum atomic E-state index is -0.0757. The van der Waals surface area contributed by atoms with Gasteiger partial charge in [0.25, 0.3) is 0 Å². The monoisotopic (exact) mass is 434 g/mol. The van der Waals surface area contributed by atoms with E-state index in [-0.39, 0.29) is 11.7 Å². The normalized spacial score (nSPS) is 16.0. The van der Waals surface area contributed by atoms with Crippen LogP contribution in [0.3, 0.4) is 0 Å². The molecule has 7 heteroatoms. The summed E-state index contributed by atoms with van der Waals surface area (Å²) in [7, 11) is 0. The number of benzene rings is 2. The zero-order valence-corrected chi connectivity index (χ0v) is 18.3. The lowest BCUT2D eigenvalue weighted by Gasteiger charge is -2.34. The first-order chi connectivity index (χ1) is 15.2. The molecule has 1 N–H and O–H groups in total. The molecule has 1 fully saturated rings. The lowest BCUT2D eigenvalue weighted by atomic mass is 10.0. The Morgan fingerprint density at radius 3 is 2.65 bits per heavy atom. The lowest BCUT2D eigenvalue weighted by Crippen LogP contribution is -2.38. The third kappa shape index (κ3) is 5.98. The van der Waals surface area contributed by atoms with E-state index in [9.17, 15) is 4.79 Å². The Kier molecular flexibility index (Phi) is 7.04. The number of para-hydroxylation sites is 1. The number of thioether (sulfide) groups is 1. The van der Waals surface area contributed by atoms with E-state index in [2.05, 4.69) is 27.1 Å². The Hall–Kier alpha value is -3.06. The van der Waals surface area contributed by atoms with E-state index in [1.807, 2.05) is 60.7 Å². The molecule has 1 aromatic heterocycles. The molecule has 2 heterocycles. The predicted molar refractivity (Wildman–Crippen MR) is 125 cm³/mol. The highest BCUT2D eigenvalue weighted by Crippen LogP contribution is 2.26. The summed E-state index contributed by atoms with van der Waals surface area (Å²) in [6.45, 7) is 3.25. The van der Waals surface area contributed by atoms with Crippen molar-refractivity contribution in [3.05, 3.63) is 67.0 Å². The van der Waals surface area contributed by atoms with E-state index in [4.69, 9.17) is 4.74 Å². The van der Waals surface area contributed by atoms with Crippen molar-refractivity contribution in [3.63, 3.8) is 0 Å². The van der Waals surface area contributed by atoms with Gasteiger partial charge in [0, 0.05) is 24.3 Å². The van der Waals surface area contributed by atoms with Gasteiger partial charge in [0.15, 0.2) is 0 Å². The maximum absolute atomic E-state index is 12.4. The molecule has 4 rings (SSSR count). The quantitative estimate of drug-likeness (QED) is 0.398. The van der Waals surface area contributed by atoms with Crippen LogP contribution in [0.2, 0.25) is 0 Å². The highest BCUT2D eigenvalue weighted by atomic mass is 32.2. The fourth-order valence-electron chi connectivity index (χ4n) is 3.57. The number of hydrogen-bond acceptors (Lipinski definition) is 6. The van der Waals surface area contributed by atoms with Gasteiger partial charge in [-0.3, -0.25) is 4.79 Å². The number of ether oxygens (including phenoxy) is 1. The first kappa shape index (κ1) is 21.2. The highest BCUT2D eigenvalue weighted by molar-refractivity contribution is 7.99. The topological polar surface area (TPSA) is 67.4 Å².